The first kappa shape index (κ1) is 15.8. The number of aromatic nitrogens is 3. The van der Waals surface area contributed by atoms with Gasteiger partial charge in [-0.1, -0.05) is 18.2 Å². The molecule has 0 aliphatic carbocycles. The van der Waals surface area contributed by atoms with Crippen molar-refractivity contribution in [2.24, 2.45) is 0 Å². The second-order valence-corrected chi connectivity index (χ2v) is 5.61. The molecule has 8 heteroatoms. The van der Waals surface area contributed by atoms with Crippen LogP contribution in [0.1, 0.15) is 6.42 Å². The van der Waals surface area contributed by atoms with E-state index in [4.69, 9.17) is 8.83 Å². The van der Waals surface area contributed by atoms with Crippen LogP contribution >= 0.6 is 0 Å². The number of hydrogen-bond donors (Lipinski definition) is 1. The zero-order valence-electron chi connectivity index (χ0n) is 13.6. The van der Waals surface area contributed by atoms with E-state index in [-0.39, 0.29) is 18.9 Å². The van der Waals surface area contributed by atoms with E-state index in [0.29, 0.717) is 28.2 Å². The van der Waals surface area contributed by atoms with Crippen molar-refractivity contribution in [3.63, 3.8) is 0 Å². The van der Waals surface area contributed by atoms with Gasteiger partial charge in [0.2, 0.25) is 18.2 Å². The first-order chi connectivity index (χ1) is 12.7. The van der Waals surface area contributed by atoms with Gasteiger partial charge in [-0.25, -0.2) is 4.79 Å². The third kappa shape index (κ3) is 3.12. The quantitative estimate of drug-likeness (QED) is 0.593. The zero-order valence-corrected chi connectivity index (χ0v) is 13.6. The van der Waals surface area contributed by atoms with Gasteiger partial charge in [-0.3, -0.25) is 9.36 Å². The highest BCUT2D eigenvalue weighted by Gasteiger charge is 2.11. The van der Waals surface area contributed by atoms with Gasteiger partial charge in [-0.05, 0) is 30.3 Å². The number of carbonyl (C=O) groups is 1. The Hall–Kier alpha value is -3.68. The Labute approximate surface area is 147 Å². The maximum atomic E-state index is 12.2. The van der Waals surface area contributed by atoms with Gasteiger partial charge in [0.15, 0.2) is 5.58 Å². The second kappa shape index (κ2) is 6.67. The molecule has 8 nitrogen and oxygen atoms in total. The lowest BCUT2D eigenvalue weighted by Gasteiger charge is -2.06. The third-order valence-electron chi connectivity index (χ3n) is 3.89. The van der Waals surface area contributed by atoms with E-state index in [9.17, 15) is 9.59 Å². The van der Waals surface area contributed by atoms with Crippen molar-refractivity contribution in [2.75, 3.05) is 5.32 Å². The largest absolute Gasteiger partial charge is 0.423 e. The predicted octanol–water partition coefficient (Wildman–Crippen LogP) is 2.67. The fourth-order valence-electron chi connectivity index (χ4n) is 2.69. The highest BCUT2D eigenvalue weighted by Crippen LogP contribution is 2.20. The Morgan fingerprint density at radius 3 is 2.88 bits per heavy atom. The first-order valence-electron chi connectivity index (χ1n) is 7.95. The molecule has 0 atom stereocenters. The number of hydrogen-bond acceptors (Lipinski definition) is 6. The van der Waals surface area contributed by atoms with E-state index < -0.39 is 5.76 Å². The zero-order chi connectivity index (χ0) is 17.9. The van der Waals surface area contributed by atoms with Crippen LogP contribution in [-0.4, -0.2) is 20.7 Å². The molecule has 1 N–H and O–H groups in total. The summed E-state index contributed by atoms with van der Waals surface area (Å²) in [5, 5.41) is 10.3. The number of oxazole rings is 1. The molecule has 4 rings (SSSR count). The summed E-state index contributed by atoms with van der Waals surface area (Å²) >= 11 is 0. The van der Waals surface area contributed by atoms with E-state index in [2.05, 4.69) is 15.5 Å². The summed E-state index contributed by atoms with van der Waals surface area (Å²) < 4.78 is 11.8. The Bertz CT molecular complexity index is 1110. The molecule has 4 aromatic rings. The Balaban J connectivity index is 1.45. The van der Waals surface area contributed by atoms with Crippen molar-refractivity contribution >= 4 is 22.7 Å². The number of fused-ring (bicyclic) bond motifs is 1. The van der Waals surface area contributed by atoms with Crippen molar-refractivity contribution < 1.29 is 13.6 Å². The molecule has 2 aromatic heterocycles. The second-order valence-electron chi connectivity index (χ2n) is 5.61. The average molecular weight is 350 g/mol. The molecule has 0 aliphatic heterocycles. The Kier molecular flexibility index (Phi) is 4.06. The van der Waals surface area contributed by atoms with Gasteiger partial charge in [0.1, 0.15) is 0 Å². The predicted molar refractivity (Wildman–Crippen MR) is 93.5 cm³/mol. The maximum absolute atomic E-state index is 12.2. The number of amides is 1. The summed E-state index contributed by atoms with van der Waals surface area (Å²) in [6.07, 6.45) is 1.38. The van der Waals surface area contributed by atoms with Crippen molar-refractivity contribution in [1.82, 2.24) is 14.8 Å². The van der Waals surface area contributed by atoms with Crippen LogP contribution in [0.25, 0.3) is 22.6 Å². The molecule has 0 spiro atoms. The van der Waals surface area contributed by atoms with Gasteiger partial charge in [-0.2, -0.15) is 0 Å². The molecule has 0 saturated carbocycles. The van der Waals surface area contributed by atoms with Crippen LogP contribution in [0.4, 0.5) is 5.69 Å². The number of anilines is 1. The third-order valence-corrected chi connectivity index (χ3v) is 3.89. The lowest BCUT2D eigenvalue weighted by atomic mass is 10.2. The fraction of sp³-hybridized carbons (Fsp3) is 0.111. The van der Waals surface area contributed by atoms with Gasteiger partial charge in [0, 0.05) is 24.2 Å². The van der Waals surface area contributed by atoms with Crippen LogP contribution in [0.15, 0.2) is 68.6 Å². The van der Waals surface area contributed by atoms with Crippen LogP contribution in [0, 0.1) is 0 Å². The van der Waals surface area contributed by atoms with Gasteiger partial charge in [-0.15, -0.1) is 10.2 Å². The molecule has 0 aliphatic rings. The van der Waals surface area contributed by atoms with Gasteiger partial charge >= 0.3 is 5.76 Å². The van der Waals surface area contributed by atoms with E-state index >= 15 is 0 Å². The number of para-hydroxylation sites is 2. The highest BCUT2D eigenvalue weighted by molar-refractivity contribution is 5.91. The molecule has 0 fully saturated rings. The average Bonchev–Trinajstić information content (AvgIpc) is 3.28. The minimum Gasteiger partial charge on any atom is -0.423 e. The van der Waals surface area contributed by atoms with E-state index in [1.165, 1.54) is 11.0 Å². The highest BCUT2D eigenvalue weighted by atomic mass is 16.4. The molecule has 2 heterocycles. The minimum atomic E-state index is -0.475. The van der Waals surface area contributed by atoms with Crippen molar-refractivity contribution in [3.8, 4) is 11.5 Å². The van der Waals surface area contributed by atoms with E-state index in [0.717, 1.165) is 0 Å². The van der Waals surface area contributed by atoms with Crippen LogP contribution in [-0.2, 0) is 11.3 Å². The lowest BCUT2D eigenvalue weighted by molar-refractivity contribution is -0.116. The molecule has 0 radical (unpaired) electrons. The van der Waals surface area contributed by atoms with Gasteiger partial charge in [0.25, 0.3) is 0 Å². The van der Waals surface area contributed by atoms with Crippen LogP contribution < -0.4 is 11.1 Å². The number of benzene rings is 2. The van der Waals surface area contributed by atoms with Gasteiger partial charge < -0.3 is 14.2 Å². The normalized spacial score (nSPS) is 10.9. The van der Waals surface area contributed by atoms with Crippen LogP contribution in [0.3, 0.4) is 0 Å². The van der Waals surface area contributed by atoms with Crippen molar-refractivity contribution in [2.45, 2.75) is 13.0 Å². The Morgan fingerprint density at radius 1 is 1.15 bits per heavy atom. The smallest absolute Gasteiger partial charge is 0.419 e. The molecule has 26 heavy (non-hydrogen) atoms. The van der Waals surface area contributed by atoms with Crippen LogP contribution in [0.5, 0.6) is 0 Å². The summed E-state index contributed by atoms with van der Waals surface area (Å²) in [6, 6.07) is 14.2. The summed E-state index contributed by atoms with van der Waals surface area (Å²) in [7, 11) is 0. The SMILES string of the molecule is O=C(CCn1c(=O)oc2ccccc21)Nc1cccc(-c2nnco2)c1. The fourth-order valence-corrected chi connectivity index (χ4v) is 2.69. The molecule has 2 aromatic carbocycles. The standard InChI is InChI=1S/C18H14N4O4/c23-16(8-9-22-14-6-1-2-7-15(14)26-18(22)24)20-13-5-3-4-12(10-13)17-21-19-11-25-17/h1-7,10-11H,8-9H2,(H,20,23). The Morgan fingerprint density at radius 2 is 2.04 bits per heavy atom. The monoisotopic (exact) mass is 350 g/mol. The topological polar surface area (TPSA) is 103 Å². The van der Waals surface area contributed by atoms with E-state index in [1.807, 2.05) is 6.07 Å². The molecule has 130 valence electrons. The number of aryl methyl sites for hydroxylation is 1. The molecular weight excluding hydrogens is 336 g/mol. The maximum Gasteiger partial charge on any atom is 0.419 e. The number of nitrogens with one attached hydrogen (secondary N) is 1. The number of nitrogens with zero attached hydrogens (tertiary/aromatic N) is 3. The van der Waals surface area contributed by atoms with Crippen LogP contribution in [0.2, 0.25) is 0 Å². The molecule has 0 bridgehead atoms. The van der Waals surface area contributed by atoms with E-state index in [1.54, 1.807) is 42.5 Å². The molecular formula is C18H14N4O4. The summed E-state index contributed by atoms with van der Waals surface area (Å²) in [5.41, 5.74) is 2.49. The molecule has 1 amide bonds. The van der Waals surface area contributed by atoms with Crippen molar-refractivity contribution in [3.05, 3.63) is 65.5 Å². The lowest BCUT2D eigenvalue weighted by Crippen LogP contribution is -2.19. The first-order valence-corrected chi connectivity index (χ1v) is 7.95. The number of rotatable bonds is 5. The summed E-state index contributed by atoms with van der Waals surface area (Å²) in [6.45, 7) is 0.227. The molecule has 0 unspecified atom stereocenters. The molecule has 0 saturated heterocycles. The van der Waals surface area contributed by atoms with Gasteiger partial charge in [0.05, 0.1) is 5.52 Å². The number of carbonyl (C=O) groups excluding carboxylic acids is 1. The minimum absolute atomic E-state index is 0.133. The summed E-state index contributed by atoms with van der Waals surface area (Å²) in [4.78, 5) is 24.2. The van der Waals surface area contributed by atoms with Crippen molar-refractivity contribution in [1.29, 1.82) is 0 Å². The summed E-state index contributed by atoms with van der Waals surface area (Å²) in [5.74, 6) is -0.320.